The summed E-state index contributed by atoms with van der Waals surface area (Å²) >= 11 is 0. The number of aromatic nitrogens is 1. The molecule has 0 unspecified atom stereocenters. The maximum absolute atomic E-state index is 12.6. The Morgan fingerprint density at radius 2 is 2.41 bits per heavy atom. The molecule has 1 spiro atoms. The third-order valence-electron chi connectivity index (χ3n) is 4.78. The van der Waals surface area contributed by atoms with Crippen LogP contribution in [0.15, 0.2) is 18.3 Å². The van der Waals surface area contributed by atoms with E-state index >= 15 is 0 Å². The third kappa shape index (κ3) is 3.15. The van der Waals surface area contributed by atoms with E-state index in [1.54, 1.807) is 13.3 Å². The zero-order valence-corrected chi connectivity index (χ0v) is 13.4. The van der Waals surface area contributed by atoms with Crippen LogP contribution in [-0.4, -0.2) is 54.8 Å². The number of ether oxygens (including phenoxy) is 2. The van der Waals surface area contributed by atoms with Gasteiger partial charge in [0.2, 0.25) is 0 Å². The summed E-state index contributed by atoms with van der Waals surface area (Å²) in [6.07, 6.45) is 4.67. The highest BCUT2D eigenvalue weighted by Crippen LogP contribution is 2.39. The number of aryl methyl sites for hydroxylation is 1. The molecule has 0 saturated carbocycles. The van der Waals surface area contributed by atoms with Crippen molar-refractivity contribution in [1.29, 1.82) is 0 Å². The molecule has 0 bridgehead atoms. The highest BCUT2D eigenvalue weighted by atomic mass is 16.5. The summed E-state index contributed by atoms with van der Waals surface area (Å²) in [6.45, 7) is 4.96. The van der Waals surface area contributed by atoms with Gasteiger partial charge in [-0.25, -0.2) is 0 Å². The molecule has 120 valence electrons. The number of pyridine rings is 1. The molecule has 22 heavy (non-hydrogen) atoms. The molecule has 0 N–H and O–H groups in total. The van der Waals surface area contributed by atoms with Gasteiger partial charge in [-0.2, -0.15) is 0 Å². The summed E-state index contributed by atoms with van der Waals surface area (Å²) in [6, 6.07) is 3.73. The van der Waals surface area contributed by atoms with Crippen molar-refractivity contribution < 1.29 is 14.3 Å². The van der Waals surface area contributed by atoms with Crippen LogP contribution in [0.25, 0.3) is 0 Å². The number of methoxy groups -OCH3 is 1. The predicted molar refractivity (Wildman–Crippen MR) is 82.8 cm³/mol. The summed E-state index contributed by atoms with van der Waals surface area (Å²) in [7, 11) is 1.73. The zero-order valence-electron chi connectivity index (χ0n) is 13.4. The summed E-state index contributed by atoms with van der Waals surface area (Å²) in [4.78, 5) is 18.7. The van der Waals surface area contributed by atoms with Crippen molar-refractivity contribution in [1.82, 2.24) is 9.88 Å². The fraction of sp³-hybridized carbons (Fsp3) is 0.647. The van der Waals surface area contributed by atoms with Gasteiger partial charge in [-0.15, -0.1) is 0 Å². The molecule has 0 aromatic carbocycles. The molecule has 1 amide bonds. The molecule has 0 aliphatic carbocycles. The quantitative estimate of drug-likeness (QED) is 0.854. The van der Waals surface area contributed by atoms with E-state index < -0.39 is 0 Å². The first kappa shape index (κ1) is 15.4. The molecule has 1 aromatic rings. The van der Waals surface area contributed by atoms with Gasteiger partial charge in [-0.1, -0.05) is 0 Å². The van der Waals surface area contributed by atoms with E-state index in [4.69, 9.17) is 9.47 Å². The number of rotatable bonds is 4. The van der Waals surface area contributed by atoms with Gasteiger partial charge in [0, 0.05) is 32.2 Å². The van der Waals surface area contributed by atoms with Crippen molar-refractivity contribution >= 4 is 5.91 Å². The van der Waals surface area contributed by atoms with Gasteiger partial charge in [0.15, 0.2) is 0 Å². The zero-order chi connectivity index (χ0) is 15.6. The number of hydrogen-bond acceptors (Lipinski definition) is 4. The first-order valence-corrected chi connectivity index (χ1v) is 7.97. The van der Waals surface area contributed by atoms with E-state index in [9.17, 15) is 4.79 Å². The molecule has 2 saturated heterocycles. The lowest BCUT2D eigenvalue weighted by Gasteiger charge is -2.23. The topological polar surface area (TPSA) is 51.7 Å². The van der Waals surface area contributed by atoms with Crippen molar-refractivity contribution in [2.75, 3.05) is 33.4 Å². The fourth-order valence-corrected chi connectivity index (χ4v) is 3.49. The average Bonchev–Trinajstić information content (AvgIpc) is 3.13. The molecular formula is C17H24N2O3. The molecule has 1 aromatic heterocycles. The van der Waals surface area contributed by atoms with Crippen LogP contribution in [0, 0.1) is 12.8 Å². The Kier molecular flexibility index (Phi) is 4.45. The predicted octanol–water partition coefficient (Wildman–Crippen LogP) is 2.05. The summed E-state index contributed by atoms with van der Waals surface area (Å²) in [5, 5.41) is 0. The summed E-state index contributed by atoms with van der Waals surface area (Å²) in [5.74, 6) is 0.615. The number of nitrogens with zero attached hydrogens (tertiary/aromatic N) is 2. The van der Waals surface area contributed by atoms with Gasteiger partial charge in [-0.05, 0) is 44.2 Å². The number of carbonyl (C=O) groups is 1. The smallest absolute Gasteiger partial charge is 0.255 e. The molecule has 0 radical (unpaired) electrons. The van der Waals surface area contributed by atoms with Gasteiger partial charge in [0.1, 0.15) is 0 Å². The standard InChI is InChI=1S/C17H24N2O3/c1-13-3-4-15(10-18-13)16(20)19-7-6-17(12-19)9-14(11-22-17)5-8-21-2/h3-4,10,14H,5-9,11-12H2,1-2H3/t14-,17-/m1/s1. The fourth-order valence-electron chi connectivity index (χ4n) is 3.49. The van der Waals surface area contributed by atoms with Crippen molar-refractivity contribution in [3.63, 3.8) is 0 Å². The number of carbonyl (C=O) groups excluding carboxylic acids is 1. The Morgan fingerprint density at radius 1 is 1.55 bits per heavy atom. The van der Waals surface area contributed by atoms with Crippen molar-refractivity contribution in [3.05, 3.63) is 29.6 Å². The minimum atomic E-state index is -0.133. The largest absolute Gasteiger partial charge is 0.385 e. The average molecular weight is 304 g/mol. The normalized spacial score (nSPS) is 27.7. The van der Waals surface area contributed by atoms with Crippen molar-refractivity contribution in [3.8, 4) is 0 Å². The molecule has 2 aliphatic heterocycles. The molecule has 5 heteroatoms. The lowest BCUT2D eigenvalue weighted by atomic mass is 9.92. The molecule has 5 nitrogen and oxygen atoms in total. The lowest BCUT2D eigenvalue weighted by molar-refractivity contribution is 0.0113. The van der Waals surface area contributed by atoms with E-state index in [-0.39, 0.29) is 11.5 Å². The second-order valence-electron chi connectivity index (χ2n) is 6.51. The van der Waals surface area contributed by atoms with E-state index in [1.165, 1.54) is 0 Å². The number of amides is 1. The van der Waals surface area contributed by atoms with E-state index in [2.05, 4.69) is 4.98 Å². The van der Waals surface area contributed by atoms with E-state index in [0.29, 0.717) is 18.0 Å². The Balaban J connectivity index is 1.60. The van der Waals surface area contributed by atoms with Crippen molar-refractivity contribution in [2.24, 2.45) is 5.92 Å². The summed E-state index contributed by atoms with van der Waals surface area (Å²) in [5.41, 5.74) is 1.46. The van der Waals surface area contributed by atoms with Crippen LogP contribution < -0.4 is 0 Å². The Labute approximate surface area is 131 Å². The van der Waals surface area contributed by atoms with Crippen LogP contribution in [0.2, 0.25) is 0 Å². The molecule has 2 atom stereocenters. The number of hydrogen-bond donors (Lipinski definition) is 0. The summed E-state index contributed by atoms with van der Waals surface area (Å²) < 4.78 is 11.2. The lowest BCUT2D eigenvalue weighted by Crippen LogP contribution is -2.35. The van der Waals surface area contributed by atoms with Crippen molar-refractivity contribution in [2.45, 2.75) is 31.8 Å². The maximum Gasteiger partial charge on any atom is 0.255 e. The second-order valence-corrected chi connectivity index (χ2v) is 6.51. The van der Waals surface area contributed by atoms with Crippen LogP contribution in [-0.2, 0) is 9.47 Å². The highest BCUT2D eigenvalue weighted by Gasteiger charge is 2.46. The third-order valence-corrected chi connectivity index (χ3v) is 4.78. The maximum atomic E-state index is 12.6. The van der Waals surface area contributed by atoms with E-state index in [0.717, 1.165) is 44.7 Å². The monoisotopic (exact) mass is 304 g/mol. The van der Waals surface area contributed by atoms with Gasteiger partial charge in [-0.3, -0.25) is 9.78 Å². The molecule has 3 rings (SSSR count). The SMILES string of the molecule is COCC[C@H]1CO[C@]2(CCN(C(=O)c3ccc(C)nc3)C2)C1. The minimum Gasteiger partial charge on any atom is -0.385 e. The Bertz CT molecular complexity index is 531. The van der Waals surface area contributed by atoms with Gasteiger partial charge < -0.3 is 14.4 Å². The minimum absolute atomic E-state index is 0.0633. The van der Waals surface area contributed by atoms with Crippen LogP contribution in [0.5, 0.6) is 0 Å². The van der Waals surface area contributed by atoms with Crippen LogP contribution >= 0.6 is 0 Å². The molecular weight excluding hydrogens is 280 g/mol. The van der Waals surface area contributed by atoms with Crippen LogP contribution in [0.4, 0.5) is 0 Å². The molecule has 2 fully saturated rings. The van der Waals surface area contributed by atoms with Crippen LogP contribution in [0.1, 0.15) is 35.3 Å². The first-order valence-electron chi connectivity index (χ1n) is 7.97. The van der Waals surface area contributed by atoms with Gasteiger partial charge in [0.05, 0.1) is 24.3 Å². The van der Waals surface area contributed by atoms with E-state index in [1.807, 2.05) is 24.0 Å². The highest BCUT2D eigenvalue weighted by molar-refractivity contribution is 5.94. The number of likely N-dealkylation sites (tertiary alicyclic amines) is 1. The second kappa shape index (κ2) is 6.34. The van der Waals surface area contributed by atoms with Crippen LogP contribution in [0.3, 0.4) is 0 Å². The Hall–Kier alpha value is -1.46. The first-order chi connectivity index (χ1) is 10.6. The van der Waals surface area contributed by atoms with Gasteiger partial charge in [0.25, 0.3) is 5.91 Å². The molecule has 3 heterocycles. The molecule has 2 aliphatic rings. The Morgan fingerprint density at radius 3 is 3.14 bits per heavy atom. The van der Waals surface area contributed by atoms with Gasteiger partial charge >= 0.3 is 0 Å².